The molecule has 0 saturated carbocycles. The summed E-state index contributed by atoms with van der Waals surface area (Å²) in [7, 11) is 0. The zero-order valence-electron chi connectivity index (χ0n) is 13.5. The molecule has 1 fully saturated rings. The fourth-order valence-electron chi connectivity index (χ4n) is 3.29. The lowest BCUT2D eigenvalue weighted by Gasteiger charge is -2.44. The van der Waals surface area contributed by atoms with Gasteiger partial charge in [-0.3, -0.25) is 4.90 Å². The maximum absolute atomic E-state index is 3.72. The smallest absolute Gasteiger partial charge is 0.0535 e. The van der Waals surface area contributed by atoms with Crippen molar-refractivity contribution >= 4 is 0 Å². The van der Waals surface area contributed by atoms with E-state index in [2.05, 4.69) is 68.2 Å². The summed E-state index contributed by atoms with van der Waals surface area (Å²) in [5.74, 6) is 0.822. The Labute approximate surface area is 124 Å². The summed E-state index contributed by atoms with van der Waals surface area (Å²) in [5.41, 5.74) is 1.49. The van der Waals surface area contributed by atoms with Crippen LogP contribution < -0.4 is 5.32 Å². The predicted molar refractivity (Wildman–Crippen MR) is 86.9 cm³/mol. The van der Waals surface area contributed by atoms with Gasteiger partial charge in [-0.2, -0.15) is 0 Å². The third kappa shape index (κ3) is 3.62. The minimum atomic E-state index is 0.0865. The highest BCUT2D eigenvalue weighted by atomic mass is 15.2. The van der Waals surface area contributed by atoms with Crippen molar-refractivity contribution in [3.05, 3.63) is 35.9 Å². The SMILES string of the molecule is CCC(C)CC(C)N1CCNC(C)(c2ccccc2)C1. The number of benzene rings is 1. The van der Waals surface area contributed by atoms with Gasteiger partial charge in [0.25, 0.3) is 0 Å². The van der Waals surface area contributed by atoms with Crippen LogP contribution in [-0.4, -0.2) is 30.6 Å². The molecule has 0 aliphatic carbocycles. The Morgan fingerprint density at radius 2 is 1.95 bits per heavy atom. The second-order valence-electron chi connectivity index (χ2n) is 6.69. The minimum absolute atomic E-state index is 0.0865. The molecule has 0 spiro atoms. The normalized spacial score (nSPS) is 27.2. The maximum atomic E-state index is 3.72. The third-order valence-corrected chi connectivity index (χ3v) is 4.91. The van der Waals surface area contributed by atoms with Crippen molar-refractivity contribution in [1.82, 2.24) is 10.2 Å². The fourth-order valence-corrected chi connectivity index (χ4v) is 3.29. The lowest BCUT2D eigenvalue weighted by molar-refractivity contribution is 0.0948. The summed E-state index contributed by atoms with van der Waals surface area (Å²) in [4.78, 5) is 2.66. The first-order chi connectivity index (χ1) is 9.55. The first-order valence-corrected chi connectivity index (χ1v) is 8.09. The minimum Gasteiger partial charge on any atom is -0.305 e. The Morgan fingerprint density at radius 1 is 1.25 bits per heavy atom. The molecule has 1 aliphatic heterocycles. The van der Waals surface area contributed by atoms with E-state index in [1.165, 1.54) is 24.9 Å². The van der Waals surface area contributed by atoms with Gasteiger partial charge in [-0.05, 0) is 31.7 Å². The molecule has 1 N–H and O–H groups in total. The maximum Gasteiger partial charge on any atom is 0.0535 e. The zero-order chi connectivity index (χ0) is 14.6. The molecule has 2 rings (SSSR count). The van der Waals surface area contributed by atoms with Gasteiger partial charge < -0.3 is 5.32 Å². The molecule has 20 heavy (non-hydrogen) atoms. The molecule has 1 aromatic carbocycles. The summed E-state index contributed by atoms with van der Waals surface area (Å²) < 4.78 is 0. The van der Waals surface area contributed by atoms with Crippen molar-refractivity contribution in [3.63, 3.8) is 0 Å². The summed E-state index contributed by atoms with van der Waals surface area (Å²) in [6.07, 6.45) is 2.59. The molecular weight excluding hydrogens is 244 g/mol. The van der Waals surface area contributed by atoms with E-state index in [1.54, 1.807) is 0 Å². The van der Waals surface area contributed by atoms with Gasteiger partial charge in [0, 0.05) is 25.7 Å². The number of hydrogen-bond acceptors (Lipinski definition) is 2. The van der Waals surface area contributed by atoms with Gasteiger partial charge in [0.1, 0.15) is 0 Å². The van der Waals surface area contributed by atoms with E-state index in [1.807, 2.05) is 0 Å². The molecule has 3 unspecified atom stereocenters. The van der Waals surface area contributed by atoms with Crippen molar-refractivity contribution in [2.75, 3.05) is 19.6 Å². The van der Waals surface area contributed by atoms with E-state index < -0.39 is 0 Å². The van der Waals surface area contributed by atoms with Gasteiger partial charge in [-0.25, -0.2) is 0 Å². The van der Waals surface area contributed by atoms with Crippen LogP contribution in [0.1, 0.15) is 46.1 Å². The standard InChI is InChI=1S/C18H30N2/c1-5-15(2)13-16(3)20-12-11-19-18(4,14-20)17-9-7-6-8-10-17/h6-10,15-16,19H,5,11-14H2,1-4H3. The van der Waals surface area contributed by atoms with Gasteiger partial charge in [0.15, 0.2) is 0 Å². The topological polar surface area (TPSA) is 15.3 Å². The quantitative estimate of drug-likeness (QED) is 0.882. The molecule has 0 aromatic heterocycles. The summed E-state index contributed by atoms with van der Waals surface area (Å²) in [5, 5.41) is 3.72. The van der Waals surface area contributed by atoms with Crippen molar-refractivity contribution in [2.24, 2.45) is 5.92 Å². The van der Waals surface area contributed by atoms with Gasteiger partial charge in [-0.1, -0.05) is 50.6 Å². The zero-order valence-corrected chi connectivity index (χ0v) is 13.5. The van der Waals surface area contributed by atoms with Gasteiger partial charge in [0.05, 0.1) is 5.54 Å². The van der Waals surface area contributed by atoms with E-state index in [0.717, 1.165) is 19.0 Å². The van der Waals surface area contributed by atoms with Crippen LogP contribution in [0.2, 0.25) is 0 Å². The van der Waals surface area contributed by atoms with E-state index >= 15 is 0 Å². The Kier molecular flexibility index (Phi) is 5.22. The highest BCUT2D eigenvalue weighted by Gasteiger charge is 2.33. The molecule has 0 bridgehead atoms. The summed E-state index contributed by atoms with van der Waals surface area (Å²) in [6.45, 7) is 12.7. The monoisotopic (exact) mass is 274 g/mol. The van der Waals surface area contributed by atoms with Gasteiger partial charge in [-0.15, -0.1) is 0 Å². The van der Waals surface area contributed by atoms with Crippen LogP contribution in [0, 0.1) is 5.92 Å². The van der Waals surface area contributed by atoms with Crippen LogP contribution in [0.25, 0.3) is 0 Å². The molecule has 2 heteroatoms. The largest absolute Gasteiger partial charge is 0.305 e. The predicted octanol–water partition coefficient (Wildman–Crippen LogP) is 3.63. The van der Waals surface area contributed by atoms with Crippen LogP contribution in [0.3, 0.4) is 0 Å². The molecule has 3 atom stereocenters. The van der Waals surface area contributed by atoms with Crippen LogP contribution in [-0.2, 0) is 5.54 Å². The van der Waals surface area contributed by atoms with Crippen LogP contribution in [0.15, 0.2) is 30.3 Å². The van der Waals surface area contributed by atoms with E-state index in [9.17, 15) is 0 Å². The molecule has 112 valence electrons. The average Bonchev–Trinajstić information content (AvgIpc) is 2.48. The van der Waals surface area contributed by atoms with Crippen LogP contribution in [0.4, 0.5) is 0 Å². The first-order valence-electron chi connectivity index (χ1n) is 8.09. The molecular formula is C18H30N2. The molecule has 1 heterocycles. The highest BCUT2D eigenvalue weighted by Crippen LogP contribution is 2.26. The Hall–Kier alpha value is -0.860. The molecule has 0 amide bonds. The van der Waals surface area contributed by atoms with Crippen molar-refractivity contribution in [1.29, 1.82) is 0 Å². The fraction of sp³-hybridized carbons (Fsp3) is 0.667. The molecule has 1 saturated heterocycles. The van der Waals surface area contributed by atoms with Gasteiger partial charge >= 0.3 is 0 Å². The number of nitrogens with one attached hydrogen (secondary N) is 1. The van der Waals surface area contributed by atoms with E-state index in [4.69, 9.17) is 0 Å². The van der Waals surface area contributed by atoms with Crippen molar-refractivity contribution < 1.29 is 0 Å². The Balaban J connectivity index is 2.04. The second-order valence-corrected chi connectivity index (χ2v) is 6.69. The number of rotatable bonds is 5. The summed E-state index contributed by atoms with van der Waals surface area (Å²) in [6, 6.07) is 11.5. The number of hydrogen-bond donors (Lipinski definition) is 1. The van der Waals surface area contributed by atoms with Crippen LogP contribution in [0.5, 0.6) is 0 Å². The third-order valence-electron chi connectivity index (χ3n) is 4.91. The van der Waals surface area contributed by atoms with Crippen LogP contribution >= 0.6 is 0 Å². The second kappa shape index (κ2) is 6.73. The Bertz CT molecular complexity index is 403. The molecule has 1 aromatic rings. The Morgan fingerprint density at radius 3 is 2.60 bits per heavy atom. The van der Waals surface area contributed by atoms with E-state index in [-0.39, 0.29) is 5.54 Å². The molecule has 0 radical (unpaired) electrons. The van der Waals surface area contributed by atoms with E-state index in [0.29, 0.717) is 6.04 Å². The lowest BCUT2D eigenvalue weighted by atomic mass is 9.88. The highest BCUT2D eigenvalue weighted by molar-refractivity contribution is 5.25. The molecule has 2 nitrogen and oxygen atoms in total. The average molecular weight is 274 g/mol. The molecule has 1 aliphatic rings. The number of nitrogens with zero attached hydrogens (tertiary/aromatic N) is 1. The first kappa shape index (κ1) is 15.5. The summed E-state index contributed by atoms with van der Waals surface area (Å²) >= 11 is 0. The lowest BCUT2D eigenvalue weighted by Crippen LogP contribution is -2.58. The number of piperazine rings is 1. The van der Waals surface area contributed by atoms with Gasteiger partial charge in [0.2, 0.25) is 0 Å². The van der Waals surface area contributed by atoms with Crippen molar-refractivity contribution in [3.8, 4) is 0 Å². The van der Waals surface area contributed by atoms with Crippen molar-refractivity contribution in [2.45, 2.75) is 52.1 Å².